The highest BCUT2D eigenvalue weighted by molar-refractivity contribution is 7.94. The summed E-state index contributed by atoms with van der Waals surface area (Å²) in [6.45, 7) is 0. The van der Waals surface area contributed by atoms with Crippen LogP contribution in [0.5, 0.6) is 0 Å². The van der Waals surface area contributed by atoms with Gasteiger partial charge in [-0.3, -0.25) is 4.72 Å². The molecule has 0 radical (unpaired) electrons. The highest BCUT2D eigenvalue weighted by atomic mass is 35.5. The average Bonchev–Trinajstić information content (AvgIpc) is 2.65. The highest BCUT2D eigenvalue weighted by Crippen LogP contribution is 2.27. The molecule has 17 heavy (non-hydrogen) atoms. The smallest absolute Gasteiger partial charge is 0.271 e. The van der Waals surface area contributed by atoms with Crippen molar-refractivity contribution in [2.75, 3.05) is 10.5 Å². The number of nitrogens with two attached hydrogens (primary N) is 1. The van der Waals surface area contributed by atoms with E-state index in [9.17, 15) is 8.42 Å². The molecule has 0 aliphatic heterocycles. The normalized spacial score (nSPS) is 11.4. The van der Waals surface area contributed by atoms with Crippen molar-refractivity contribution in [1.82, 2.24) is 0 Å². The van der Waals surface area contributed by atoms with Gasteiger partial charge in [-0.05, 0) is 30.3 Å². The van der Waals surface area contributed by atoms with Crippen molar-refractivity contribution < 1.29 is 8.42 Å². The average molecular weight is 289 g/mol. The number of thiophene rings is 1. The summed E-state index contributed by atoms with van der Waals surface area (Å²) >= 11 is 6.70. The van der Waals surface area contributed by atoms with Crippen LogP contribution in [-0.2, 0) is 10.0 Å². The molecule has 0 fully saturated rings. The van der Waals surface area contributed by atoms with Crippen molar-refractivity contribution in [3.8, 4) is 0 Å². The Bertz CT molecular complexity index is 637. The predicted molar refractivity (Wildman–Crippen MR) is 71.0 cm³/mol. The topological polar surface area (TPSA) is 72.2 Å². The van der Waals surface area contributed by atoms with Gasteiger partial charge < -0.3 is 5.73 Å². The molecule has 2 rings (SSSR count). The molecular formula is C10H9ClN2O2S2. The molecule has 1 aromatic carbocycles. The number of benzene rings is 1. The summed E-state index contributed by atoms with van der Waals surface area (Å²) in [5, 5.41) is 0. The zero-order valence-corrected chi connectivity index (χ0v) is 10.9. The molecule has 0 atom stereocenters. The lowest BCUT2D eigenvalue weighted by Gasteiger charge is -2.06. The summed E-state index contributed by atoms with van der Waals surface area (Å²) in [6.07, 6.45) is 0. The molecule has 0 aliphatic carbocycles. The predicted octanol–water partition coefficient (Wildman–Crippen LogP) is 2.78. The van der Waals surface area contributed by atoms with Gasteiger partial charge in [-0.1, -0.05) is 17.7 Å². The van der Waals surface area contributed by atoms with Crippen LogP contribution in [0.3, 0.4) is 0 Å². The molecule has 1 aromatic heterocycles. The summed E-state index contributed by atoms with van der Waals surface area (Å²) in [5.41, 5.74) is 6.49. The van der Waals surface area contributed by atoms with Crippen LogP contribution in [-0.4, -0.2) is 8.42 Å². The number of hydrogen-bond acceptors (Lipinski definition) is 4. The lowest BCUT2D eigenvalue weighted by atomic mass is 10.3. The standard InChI is InChI=1S/C10H9ClN2O2S2/c11-9-4-5-10(16-9)17(14,15)13-8-3-1-2-7(12)6-8/h1-6,13H,12H2. The maximum atomic E-state index is 11.9. The summed E-state index contributed by atoms with van der Waals surface area (Å²) in [7, 11) is -3.58. The van der Waals surface area contributed by atoms with Crippen LogP contribution >= 0.6 is 22.9 Å². The second-order valence-corrected chi connectivity index (χ2v) is 6.91. The molecule has 0 bridgehead atoms. The number of nitrogen functional groups attached to an aromatic ring is 1. The lowest BCUT2D eigenvalue weighted by molar-refractivity contribution is 0.603. The number of sulfonamides is 1. The Balaban J connectivity index is 2.29. The molecule has 0 aliphatic rings. The van der Waals surface area contributed by atoms with Gasteiger partial charge in [0.25, 0.3) is 10.0 Å². The molecule has 0 amide bonds. The third-order valence-electron chi connectivity index (χ3n) is 1.95. The lowest BCUT2D eigenvalue weighted by Crippen LogP contribution is -2.11. The first kappa shape index (κ1) is 12.2. The molecule has 0 spiro atoms. The van der Waals surface area contributed by atoms with Crippen LogP contribution in [0.4, 0.5) is 11.4 Å². The van der Waals surface area contributed by atoms with Gasteiger partial charge in [-0.25, -0.2) is 8.42 Å². The van der Waals surface area contributed by atoms with E-state index < -0.39 is 10.0 Å². The van der Waals surface area contributed by atoms with E-state index >= 15 is 0 Å². The fourth-order valence-electron chi connectivity index (χ4n) is 1.25. The molecule has 0 saturated carbocycles. The SMILES string of the molecule is Nc1cccc(NS(=O)(=O)c2ccc(Cl)s2)c1. The van der Waals surface area contributed by atoms with Crippen molar-refractivity contribution in [2.24, 2.45) is 0 Å². The first-order chi connectivity index (χ1) is 7.97. The van der Waals surface area contributed by atoms with Gasteiger partial charge in [0.1, 0.15) is 4.21 Å². The van der Waals surface area contributed by atoms with Gasteiger partial charge in [0, 0.05) is 5.69 Å². The Morgan fingerprint density at radius 2 is 2.00 bits per heavy atom. The Kier molecular flexibility index (Phi) is 3.28. The van der Waals surface area contributed by atoms with E-state index in [1.807, 2.05) is 0 Å². The van der Waals surface area contributed by atoms with Crippen LogP contribution in [0.1, 0.15) is 0 Å². The summed E-state index contributed by atoms with van der Waals surface area (Å²) in [6, 6.07) is 9.53. The van der Waals surface area contributed by atoms with E-state index in [2.05, 4.69) is 4.72 Å². The molecule has 1 heterocycles. The number of rotatable bonds is 3. The van der Waals surface area contributed by atoms with E-state index in [0.717, 1.165) is 11.3 Å². The van der Waals surface area contributed by atoms with Crippen molar-refractivity contribution in [3.63, 3.8) is 0 Å². The third-order valence-corrected chi connectivity index (χ3v) is 5.06. The first-order valence-electron chi connectivity index (χ1n) is 4.61. The van der Waals surface area contributed by atoms with Gasteiger partial charge in [-0.2, -0.15) is 0 Å². The molecule has 2 aromatic rings. The Hall–Kier alpha value is -1.24. The number of nitrogens with one attached hydrogen (secondary N) is 1. The van der Waals surface area contributed by atoms with Crippen molar-refractivity contribution in [3.05, 3.63) is 40.7 Å². The summed E-state index contributed by atoms with van der Waals surface area (Å²) in [5.74, 6) is 0. The largest absolute Gasteiger partial charge is 0.399 e. The summed E-state index contributed by atoms with van der Waals surface area (Å²) < 4.78 is 26.9. The molecule has 0 unspecified atom stereocenters. The van der Waals surface area contributed by atoms with Crippen LogP contribution in [0, 0.1) is 0 Å². The minimum atomic E-state index is -3.58. The zero-order valence-electron chi connectivity index (χ0n) is 8.55. The monoisotopic (exact) mass is 288 g/mol. The fraction of sp³-hybridized carbons (Fsp3) is 0. The van der Waals surface area contributed by atoms with E-state index in [-0.39, 0.29) is 4.21 Å². The highest BCUT2D eigenvalue weighted by Gasteiger charge is 2.16. The Labute approximate surface area is 108 Å². The molecule has 3 N–H and O–H groups in total. The fourth-order valence-corrected chi connectivity index (χ4v) is 3.78. The zero-order chi connectivity index (χ0) is 12.5. The van der Waals surface area contributed by atoms with Crippen LogP contribution in [0.25, 0.3) is 0 Å². The minimum Gasteiger partial charge on any atom is -0.399 e. The molecular weight excluding hydrogens is 280 g/mol. The number of anilines is 2. The van der Waals surface area contributed by atoms with Gasteiger partial charge in [0.15, 0.2) is 0 Å². The van der Waals surface area contributed by atoms with Gasteiger partial charge in [0.05, 0.1) is 10.0 Å². The van der Waals surface area contributed by atoms with Crippen molar-refractivity contribution in [2.45, 2.75) is 4.21 Å². The minimum absolute atomic E-state index is 0.171. The van der Waals surface area contributed by atoms with Crippen molar-refractivity contribution >= 4 is 44.3 Å². The maximum Gasteiger partial charge on any atom is 0.271 e. The van der Waals surface area contributed by atoms with E-state index in [1.165, 1.54) is 6.07 Å². The van der Waals surface area contributed by atoms with Gasteiger partial charge in [-0.15, -0.1) is 11.3 Å². The van der Waals surface area contributed by atoms with Crippen LogP contribution in [0.2, 0.25) is 4.34 Å². The molecule has 7 heteroatoms. The second-order valence-electron chi connectivity index (χ2n) is 3.29. The number of hydrogen-bond donors (Lipinski definition) is 2. The van der Waals surface area contributed by atoms with Crippen LogP contribution in [0.15, 0.2) is 40.6 Å². The first-order valence-corrected chi connectivity index (χ1v) is 7.29. The van der Waals surface area contributed by atoms with E-state index in [1.54, 1.807) is 30.3 Å². The second kappa shape index (κ2) is 4.56. The molecule has 90 valence electrons. The van der Waals surface area contributed by atoms with Gasteiger partial charge >= 0.3 is 0 Å². The van der Waals surface area contributed by atoms with E-state index in [0.29, 0.717) is 15.7 Å². The maximum absolute atomic E-state index is 11.9. The van der Waals surface area contributed by atoms with Crippen molar-refractivity contribution in [1.29, 1.82) is 0 Å². The molecule has 4 nitrogen and oxygen atoms in total. The van der Waals surface area contributed by atoms with Crippen LogP contribution < -0.4 is 10.5 Å². The Morgan fingerprint density at radius 3 is 2.59 bits per heavy atom. The number of halogens is 1. The summed E-state index contributed by atoms with van der Waals surface area (Å²) in [4.78, 5) is 0. The van der Waals surface area contributed by atoms with E-state index in [4.69, 9.17) is 17.3 Å². The quantitative estimate of drug-likeness (QED) is 0.853. The van der Waals surface area contributed by atoms with Gasteiger partial charge in [0.2, 0.25) is 0 Å². The third kappa shape index (κ3) is 2.91. The Morgan fingerprint density at radius 1 is 1.24 bits per heavy atom. The molecule has 0 saturated heterocycles.